The van der Waals surface area contributed by atoms with E-state index in [1.165, 1.54) is 25.8 Å². The van der Waals surface area contributed by atoms with E-state index in [4.69, 9.17) is 5.73 Å². The van der Waals surface area contributed by atoms with Gasteiger partial charge in [0, 0.05) is 25.2 Å². The number of likely N-dealkylation sites (tertiary alicyclic amines) is 1. The zero-order valence-corrected chi connectivity index (χ0v) is 5.71. The van der Waals surface area contributed by atoms with E-state index in [0.29, 0.717) is 6.04 Å². The lowest BCUT2D eigenvalue weighted by Crippen LogP contribution is -2.27. The molecule has 0 spiro atoms. The summed E-state index contributed by atoms with van der Waals surface area (Å²) in [5.74, 6) is 0. The zero-order valence-electron chi connectivity index (χ0n) is 5.71. The summed E-state index contributed by atoms with van der Waals surface area (Å²) in [6.07, 6.45) is 4.07. The minimum atomic E-state index is 0.477. The molecule has 1 aliphatic carbocycles. The van der Waals surface area contributed by atoms with Crippen LogP contribution in [0.3, 0.4) is 0 Å². The first-order chi connectivity index (χ1) is 4.36. The fraction of sp³-hybridized carbons (Fsp3) is 1.00. The van der Waals surface area contributed by atoms with Gasteiger partial charge in [-0.2, -0.15) is 0 Å². The van der Waals surface area contributed by atoms with Crippen molar-refractivity contribution in [3.8, 4) is 0 Å². The molecular formula is C7H14N2. The van der Waals surface area contributed by atoms with Gasteiger partial charge in [-0.25, -0.2) is 0 Å². The Balaban J connectivity index is 1.86. The van der Waals surface area contributed by atoms with Gasteiger partial charge < -0.3 is 5.73 Å². The van der Waals surface area contributed by atoms with Gasteiger partial charge in [-0.3, -0.25) is 4.90 Å². The molecule has 0 radical (unpaired) electrons. The van der Waals surface area contributed by atoms with E-state index in [0.717, 1.165) is 12.6 Å². The van der Waals surface area contributed by atoms with Crippen molar-refractivity contribution in [2.45, 2.75) is 31.3 Å². The fourth-order valence-corrected chi connectivity index (χ4v) is 1.59. The van der Waals surface area contributed by atoms with Crippen molar-refractivity contribution in [1.29, 1.82) is 0 Å². The Morgan fingerprint density at radius 2 is 2.00 bits per heavy atom. The molecule has 9 heavy (non-hydrogen) atoms. The van der Waals surface area contributed by atoms with Crippen molar-refractivity contribution in [3.05, 3.63) is 0 Å². The summed E-state index contributed by atoms with van der Waals surface area (Å²) in [7, 11) is 0. The van der Waals surface area contributed by atoms with Crippen LogP contribution in [0.2, 0.25) is 0 Å². The van der Waals surface area contributed by atoms with Crippen molar-refractivity contribution in [1.82, 2.24) is 4.90 Å². The first-order valence-corrected chi connectivity index (χ1v) is 3.86. The molecule has 0 aromatic carbocycles. The minimum absolute atomic E-state index is 0.477. The molecule has 52 valence electrons. The molecule has 2 N–H and O–H groups in total. The molecular weight excluding hydrogens is 112 g/mol. The average molecular weight is 126 g/mol. The standard InChI is InChI=1S/C7H14N2/c8-6-3-4-9(5-6)7-1-2-7/h6-7H,1-5,8H2. The molecule has 1 saturated carbocycles. The molecule has 2 aliphatic rings. The van der Waals surface area contributed by atoms with Gasteiger partial charge in [0.2, 0.25) is 0 Å². The van der Waals surface area contributed by atoms with Crippen LogP contribution in [0.4, 0.5) is 0 Å². The highest BCUT2D eigenvalue weighted by Gasteiger charge is 2.32. The van der Waals surface area contributed by atoms with E-state index in [9.17, 15) is 0 Å². The minimum Gasteiger partial charge on any atom is -0.326 e. The third-order valence-corrected chi connectivity index (χ3v) is 2.32. The monoisotopic (exact) mass is 126 g/mol. The van der Waals surface area contributed by atoms with Crippen LogP contribution in [0.1, 0.15) is 19.3 Å². The van der Waals surface area contributed by atoms with Gasteiger partial charge in [0.15, 0.2) is 0 Å². The van der Waals surface area contributed by atoms with Crippen LogP contribution in [0, 0.1) is 0 Å². The summed E-state index contributed by atoms with van der Waals surface area (Å²) in [6, 6.07) is 1.41. The Bertz CT molecular complexity index is 109. The van der Waals surface area contributed by atoms with E-state index in [2.05, 4.69) is 4.90 Å². The molecule has 0 aromatic heterocycles. The van der Waals surface area contributed by atoms with Crippen LogP contribution < -0.4 is 5.73 Å². The van der Waals surface area contributed by atoms with Crippen LogP contribution >= 0.6 is 0 Å². The quantitative estimate of drug-likeness (QED) is 0.543. The number of nitrogens with two attached hydrogens (primary N) is 1. The van der Waals surface area contributed by atoms with Gasteiger partial charge >= 0.3 is 0 Å². The molecule has 0 aromatic rings. The number of nitrogens with zero attached hydrogens (tertiary/aromatic N) is 1. The van der Waals surface area contributed by atoms with Crippen molar-refractivity contribution < 1.29 is 0 Å². The largest absolute Gasteiger partial charge is 0.326 e. The maximum absolute atomic E-state index is 5.75. The molecule has 2 heteroatoms. The molecule has 1 atom stereocenters. The van der Waals surface area contributed by atoms with Crippen LogP contribution in [0.5, 0.6) is 0 Å². The summed E-state index contributed by atoms with van der Waals surface area (Å²) in [6.45, 7) is 2.41. The predicted octanol–water partition coefficient (Wildman–Crippen LogP) is 0.182. The molecule has 2 nitrogen and oxygen atoms in total. The normalized spacial score (nSPS) is 37.7. The maximum atomic E-state index is 5.75. The third-order valence-electron chi connectivity index (χ3n) is 2.32. The van der Waals surface area contributed by atoms with Crippen molar-refractivity contribution >= 4 is 0 Å². The topological polar surface area (TPSA) is 29.3 Å². The average Bonchev–Trinajstić information content (AvgIpc) is 2.58. The van der Waals surface area contributed by atoms with E-state index in [-0.39, 0.29) is 0 Å². The maximum Gasteiger partial charge on any atom is 0.0180 e. The lowest BCUT2D eigenvalue weighted by atomic mass is 10.3. The van der Waals surface area contributed by atoms with Crippen molar-refractivity contribution in [3.63, 3.8) is 0 Å². The summed E-state index contributed by atoms with van der Waals surface area (Å²) in [5.41, 5.74) is 5.75. The predicted molar refractivity (Wildman–Crippen MR) is 37.2 cm³/mol. The molecule has 1 saturated heterocycles. The first-order valence-electron chi connectivity index (χ1n) is 3.86. The SMILES string of the molecule is NC1CCN(C2CC2)C1. The van der Waals surface area contributed by atoms with Crippen molar-refractivity contribution in [2.24, 2.45) is 5.73 Å². The Kier molecular flexibility index (Phi) is 1.24. The Hall–Kier alpha value is -0.0800. The number of rotatable bonds is 1. The first kappa shape index (κ1) is 5.69. The lowest BCUT2D eigenvalue weighted by molar-refractivity contribution is 0.324. The van der Waals surface area contributed by atoms with Crippen LogP contribution in [-0.2, 0) is 0 Å². The molecule has 0 bridgehead atoms. The Labute approximate surface area is 56.0 Å². The van der Waals surface area contributed by atoms with Crippen LogP contribution in [-0.4, -0.2) is 30.1 Å². The molecule has 1 unspecified atom stereocenters. The van der Waals surface area contributed by atoms with Gasteiger partial charge in [-0.15, -0.1) is 0 Å². The second-order valence-electron chi connectivity index (χ2n) is 3.27. The summed E-state index contributed by atoms with van der Waals surface area (Å²) < 4.78 is 0. The summed E-state index contributed by atoms with van der Waals surface area (Å²) >= 11 is 0. The smallest absolute Gasteiger partial charge is 0.0180 e. The van der Waals surface area contributed by atoms with E-state index in [1.807, 2.05) is 0 Å². The highest BCUT2D eigenvalue weighted by Crippen LogP contribution is 2.29. The third kappa shape index (κ3) is 1.10. The van der Waals surface area contributed by atoms with Gasteiger partial charge in [0.1, 0.15) is 0 Å². The zero-order chi connectivity index (χ0) is 6.27. The molecule has 1 aliphatic heterocycles. The van der Waals surface area contributed by atoms with E-state index >= 15 is 0 Å². The van der Waals surface area contributed by atoms with E-state index < -0.39 is 0 Å². The van der Waals surface area contributed by atoms with Gasteiger partial charge in [-0.1, -0.05) is 0 Å². The molecule has 0 amide bonds. The Morgan fingerprint density at radius 3 is 2.44 bits per heavy atom. The van der Waals surface area contributed by atoms with Crippen LogP contribution in [0.15, 0.2) is 0 Å². The highest BCUT2D eigenvalue weighted by molar-refractivity contribution is 4.90. The second kappa shape index (κ2) is 1.96. The molecule has 1 heterocycles. The second-order valence-corrected chi connectivity index (χ2v) is 3.27. The lowest BCUT2D eigenvalue weighted by Gasteiger charge is -2.12. The van der Waals surface area contributed by atoms with Gasteiger partial charge in [0.05, 0.1) is 0 Å². The van der Waals surface area contributed by atoms with Crippen molar-refractivity contribution in [2.75, 3.05) is 13.1 Å². The Morgan fingerprint density at radius 1 is 1.22 bits per heavy atom. The molecule has 2 rings (SSSR count). The van der Waals surface area contributed by atoms with Crippen LogP contribution in [0.25, 0.3) is 0 Å². The van der Waals surface area contributed by atoms with Gasteiger partial charge in [0.25, 0.3) is 0 Å². The number of hydrogen-bond acceptors (Lipinski definition) is 2. The fourth-order valence-electron chi connectivity index (χ4n) is 1.59. The van der Waals surface area contributed by atoms with Gasteiger partial charge in [-0.05, 0) is 19.3 Å². The van der Waals surface area contributed by atoms with E-state index in [1.54, 1.807) is 0 Å². The summed E-state index contributed by atoms with van der Waals surface area (Å²) in [5, 5.41) is 0. The number of hydrogen-bond donors (Lipinski definition) is 1. The molecule has 2 fully saturated rings. The highest BCUT2D eigenvalue weighted by atomic mass is 15.2. The summed E-state index contributed by atoms with van der Waals surface area (Å²) in [4.78, 5) is 2.53.